The van der Waals surface area contributed by atoms with Crippen LogP contribution in [0.2, 0.25) is 0 Å². The summed E-state index contributed by atoms with van der Waals surface area (Å²) >= 11 is 0. The van der Waals surface area contributed by atoms with Crippen LogP contribution in [0.4, 0.5) is 0 Å². The average Bonchev–Trinajstić information content (AvgIpc) is 2.82. The molecular weight excluding hydrogens is 446 g/mol. The van der Waals surface area contributed by atoms with E-state index < -0.39 is 11.6 Å². The van der Waals surface area contributed by atoms with Gasteiger partial charge in [0.15, 0.2) is 0 Å². The number of hydroxylamine groups is 1. The Labute approximate surface area is 204 Å². The molecule has 4 rings (SSSR count). The molecule has 2 aromatic carbocycles. The average molecular weight is 478 g/mol. The minimum Gasteiger partial charge on any atom is -0.489 e. The molecule has 8 heteroatoms. The number of fused-ring (bicyclic) bond motifs is 1. The van der Waals surface area contributed by atoms with Crippen LogP contribution in [0.25, 0.3) is 10.9 Å². The highest BCUT2D eigenvalue weighted by Crippen LogP contribution is 2.32. The lowest BCUT2D eigenvalue weighted by Gasteiger charge is -2.45. The number of nitrogens with one attached hydrogen (secondary N) is 2. The van der Waals surface area contributed by atoms with E-state index in [9.17, 15) is 14.8 Å². The maximum Gasteiger partial charge on any atom is 0.251 e. The molecule has 3 aromatic rings. The zero-order valence-corrected chi connectivity index (χ0v) is 20.2. The Bertz CT molecular complexity index is 1190. The van der Waals surface area contributed by atoms with Crippen LogP contribution in [0.15, 0.2) is 54.6 Å². The van der Waals surface area contributed by atoms with Gasteiger partial charge in [0, 0.05) is 22.2 Å². The number of aromatic nitrogens is 1. The van der Waals surface area contributed by atoms with E-state index in [0.717, 1.165) is 22.2 Å². The molecule has 1 aliphatic rings. The summed E-state index contributed by atoms with van der Waals surface area (Å²) in [6.07, 6.45) is 1.03. The van der Waals surface area contributed by atoms with E-state index in [-0.39, 0.29) is 18.1 Å². The lowest BCUT2D eigenvalue weighted by atomic mass is 9.78. The molecule has 0 aliphatic carbocycles. The normalized spacial score (nSPS) is 23.0. The molecule has 0 spiro atoms. The second kappa shape index (κ2) is 10.5. The summed E-state index contributed by atoms with van der Waals surface area (Å²) < 4.78 is 11.8. The van der Waals surface area contributed by atoms with Gasteiger partial charge in [0.1, 0.15) is 24.7 Å². The highest BCUT2D eigenvalue weighted by atomic mass is 16.5. The number of benzene rings is 2. The second-order valence-corrected chi connectivity index (χ2v) is 9.27. The number of carbonyl (C=O) groups excluding carboxylic acids is 2. The summed E-state index contributed by atoms with van der Waals surface area (Å²) in [4.78, 5) is 29.4. The Hall–Kier alpha value is -3.33. The fourth-order valence-corrected chi connectivity index (χ4v) is 5.00. The lowest BCUT2D eigenvalue weighted by molar-refractivity contribution is -0.121. The van der Waals surface area contributed by atoms with Crippen molar-refractivity contribution in [3.05, 3.63) is 71.4 Å². The predicted molar refractivity (Wildman–Crippen MR) is 131 cm³/mol. The fourth-order valence-electron chi connectivity index (χ4n) is 5.00. The summed E-state index contributed by atoms with van der Waals surface area (Å²) in [7, 11) is 0. The van der Waals surface area contributed by atoms with Crippen molar-refractivity contribution in [2.45, 2.75) is 64.0 Å². The van der Waals surface area contributed by atoms with E-state index in [0.29, 0.717) is 37.0 Å². The second-order valence-electron chi connectivity index (χ2n) is 9.27. The molecule has 1 fully saturated rings. The van der Waals surface area contributed by atoms with Gasteiger partial charge in [-0.15, -0.1) is 0 Å². The van der Waals surface area contributed by atoms with Crippen molar-refractivity contribution in [2.75, 3.05) is 0 Å². The molecule has 0 saturated carbocycles. The van der Waals surface area contributed by atoms with Gasteiger partial charge in [0.05, 0.1) is 23.3 Å². The molecule has 0 radical (unpaired) electrons. The number of para-hydroxylation sites is 1. The van der Waals surface area contributed by atoms with E-state index in [1.165, 1.54) is 0 Å². The van der Waals surface area contributed by atoms with Gasteiger partial charge >= 0.3 is 0 Å². The van der Waals surface area contributed by atoms with Crippen molar-refractivity contribution >= 4 is 23.1 Å². The fraction of sp³-hybridized carbons (Fsp3) is 0.370. The highest BCUT2D eigenvalue weighted by molar-refractivity contribution is 5.95. The molecule has 2 heterocycles. The lowest BCUT2D eigenvalue weighted by Crippen LogP contribution is -2.66. The first-order chi connectivity index (χ1) is 16.8. The van der Waals surface area contributed by atoms with Crippen molar-refractivity contribution in [2.24, 2.45) is 0 Å². The quantitative estimate of drug-likeness (QED) is 0.335. The maximum absolute atomic E-state index is 13.1. The van der Waals surface area contributed by atoms with Crippen LogP contribution in [-0.2, 0) is 16.1 Å². The van der Waals surface area contributed by atoms with Gasteiger partial charge in [-0.25, -0.2) is 0 Å². The van der Waals surface area contributed by atoms with Crippen LogP contribution in [0.5, 0.6) is 5.75 Å². The first-order valence-electron chi connectivity index (χ1n) is 11.7. The van der Waals surface area contributed by atoms with E-state index in [1.54, 1.807) is 24.3 Å². The molecule has 8 nitrogen and oxygen atoms in total. The van der Waals surface area contributed by atoms with Gasteiger partial charge in [-0.3, -0.25) is 9.78 Å². The number of carbonyl (C=O) groups is 2. The van der Waals surface area contributed by atoms with Crippen molar-refractivity contribution < 1.29 is 24.3 Å². The molecule has 4 atom stereocenters. The Morgan fingerprint density at radius 3 is 2.54 bits per heavy atom. The third-order valence-electron chi connectivity index (χ3n) is 6.44. The predicted octanol–water partition coefficient (Wildman–Crippen LogP) is 3.72. The molecule has 1 unspecified atom stereocenters. The first kappa shape index (κ1) is 24.8. The minimum absolute atomic E-state index is 0.182. The Balaban J connectivity index is 1.47. The van der Waals surface area contributed by atoms with E-state index in [4.69, 9.17) is 9.47 Å². The monoisotopic (exact) mass is 477 g/mol. The zero-order valence-electron chi connectivity index (χ0n) is 20.2. The van der Waals surface area contributed by atoms with Gasteiger partial charge < -0.3 is 24.8 Å². The van der Waals surface area contributed by atoms with Crippen LogP contribution in [0, 0.1) is 6.92 Å². The van der Waals surface area contributed by atoms with Gasteiger partial charge in [-0.05, 0) is 70.0 Å². The first-order valence-corrected chi connectivity index (χ1v) is 11.7. The number of hydrogen-bond acceptors (Lipinski definition) is 7. The number of aldehydes is 1. The largest absolute Gasteiger partial charge is 0.489 e. The van der Waals surface area contributed by atoms with Crippen molar-refractivity contribution in [1.29, 1.82) is 0 Å². The summed E-state index contributed by atoms with van der Waals surface area (Å²) in [5.74, 6) is 0.293. The Kier molecular flexibility index (Phi) is 7.45. The number of hydrogen-bond donors (Lipinski definition) is 3. The highest BCUT2D eigenvalue weighted by Gasteiger charge is 2.46. The number of ether oxygens (including phenoxy) is 2. The molecular formula is C27H31N3O5. The summed E-state index contributed by atoms with van der Waals surface area (Å²) in [5, 5.41) is 13.6. The molecule has 1 aromatic heterocycles. The third-order valence-corrected chi connectivity index (χ3v) is 6.44. The van der Waals surface area contributed by atoms with Gasteiger partial charge in [0.25, 0.3) is 5.91 Å². The van der Waals surface area contributed by atoms with Crippen LogP contribution < -0.4 is 15.5 Å². The van der Waals surface area contributed by atoms with Crippen LogP contribution in [0.3, 0.4) is 0 Å². The van der Waals surface area contributed by atoms with Crippen molar-refractivity contribution in [3.63, 3.8) is 0 Å². The summed E-state index contributed by atoms with van der Waals surface area (Å²) in [5.41, 5.74) is 4.40. The molecule has 35 heavy (non-hydrogen) atoms. The third kappa shape index (κ3) is 5.51. The smallest absolute Gasteiger partial charge is 0.251 e. The molecule has 184 valence electrons. The zero-order chi connectivity index (χ0) is 25.0. The number of nitrogens with zero attached hydrogens (tertiary/aromatic N) is 1. The number of rotatable bonds is 8. The van der Waals surface area contributed by atoms with E-state index >= 15 is 0 Å². The molecule has 1 aliphatic heterocycles. The van der Waals surface area contributed by atoms with Crippen LogP contribution >= 0.6 is 0 Å². The van der Waals surface area contributed by atoms with Gasteiger partial charge in [-0.2, -0.15) is 5.48 Å². The Morgan fingerprint density at radius 1 is 1.20 bits per heavy atom. The number of amides is 1. The number of aryl methyl sites for hydroxylation is 1. The van der Waals surface area contributed by atoms with E-state index in [2.05, 4.69) is 15.8 Å². The topological polar surface area (TPSA) is 110 Å². The van der Waals surface area contributed by atoms with Crippen molar-refractivity contribution in [1.82, 2.24) is 15.8 Å². The Morgan fingerprint density at radius 2 is 1.89 bits per heavy atom. The number of pyridine rings is 1. The standard InChI is InChI=1S/C27H31N3O5/c1-17-12-21(23-6-4-5-7-24(23)28-17)16-34-22-10-8-20(9-11-22)26(32)29-27(25(15-31)30-33)13-18(2)35-19(3)14-27/h4-12,15,18-19,25,30,33H,13-14,16H2,1-3H3,(H,29,32)/t18-,19+,25-,27?/m1/s1. The van der Waals surface area contributed by atoms with Crippen LogP contribution in [0.1, 0.15) is 48.3 Å². The van der Waals surface area contributed by atoms with Gasteiger partial charge in [0.2, 0.25) is 0 Å². The summed E-state index contributed by atoms with van der Waals surface area (Å²) in [6, 6.07) is 15.9. The minimum atomic E-state index is -0.972. The molecule has 1 saturated heterocycles. The molecule has 0 bridgehead atoms. The SMILES string of the molecule is Cc1cc(COc2ccc(C(=O)NC3([C@@H](C=O)NO)C[C@@H](C)O[C@@H](C)C3)cc2)c2ccccc2n1. The summed E-state index contributed by atoms with van der Waals surface area (Å²) in [6.45, 7) is 6.10. The van der Waals surface area contributed by atoms with Gasteiger partial charge in [-0.1, -0.05) is 18.2 Å². The molecule has 1 amide bonds. The van der Waals surface area contributed by atoms with Crippen molar-refractivity contribution in [3.8, 4) is 5.75 Å². The van der Waals surface area contributed by atoms with E-state index in [1.807, 2.05) is 51.1 Å². The van der Waals surface area contributed by atoms with Crippen LogP contribution in [-0.4, -0.2) is 46.2 Å². The molecule has 3 N–H and O–H groups in total. The maximum atomic E-state index is 13.1.